The van der Waals surface area contributed by atoms with Crippen LogP contribution >= 0.6 is 0 Å². The van der Waals surface area contributed by atoms with E-state index in [4.69, 9.17) is 12.2 Å². The number of hydrogen-bond acceptors (Lipinski definition) is 2. The van der Waals surface area contributed by atoms with E-state index in [1.54, 1.807) is 12.1 Å². The molecule has 3 nitrogen and oxygen atoms in total. The summed E-state index contributed by atoms with van der Waals surface area (Å²) in [5.74, 6) is 2.42. The normalized spacial score (nSPS) is 9.50. The van der Waals surface area contributed by atoms with Gasteiger partial charge >= 0.3 is 0 Å². The van der Waals surface area contributed by atoms with Crippen LogP contribution < -0.4 is 11.1 Å². The Balaban J connectivity index is 2.53. The molecular formula is C13H16N2O. The van der Waals surface area contributed by atoms with Crippen LogP contribution in [0, 0.1) is 19.3 Å². The molecule has 0 aromatic heterocycles. The van der Waals surface area contributed by atoms with Gasteiger partial charge in [0.05, 0.1) is 0 Å². The van der Waals surface area contributed by atoms with Crippen molar-refractivity contribution in [2.45, 2.75) is 19.8 Å². The summed E-state index contributed by atoms with van der Waals surface area (Å²) in [6, 6.07) is 5.29. The summed E-state index contributed by atoms with van der Waals surface area (Å²) in [5.41, 5.74) is 7.93. The van der Waals surface area contributed by atoms with Crippen LogP contribution in [0.5, 0.6) is 0 Å². The highest BCUT2D eigenvalue weighted by Gasteiger charge is 2.05. The molecule has 0 aliphatic rings. The molecule has 3 heteroatoms. The van der Waals surface area contributed by atoms with Crippen molar-refractivity contribution in [3.05, 3.63) is 29.3 Å². The Kier molecular flexibility index (Phi) is 4.41. The maximum atomic E-state index is 11.7. The lowest BCUT2D eigenvalue weighted by Gasteiger charge is -2.06. The smallest absolute Gasteiger partial charge is 0.251 e. The molecule has 0 atom stereocenters. The highest BCUT2D eigenvalue weighted by molar-refractivity contribution is 5.95. The predicted molar refractivity (Wildman–Crippen MR) is 66.0 cm³/mol. The Morgan fingerprint density at radius 1 is 1.56 bits per heavy atom. The van der Waals surface area contributed by atoms with Crippen LogP contribution in [-0.2, 0) is 0 Å². The van der Waals surface area contributed by atoms with E-state index in [2.05, 4.69) is 11.2 Å². The molecule has 1 aromatic rings. The molecule has 0 bridgehead atoms. The lowest BCUT2D eigenvalue weighted by molar-refractivity contribution is 0.0953. The molecule has 0 heterocycles. The maximum Gasteiger partial charge on any atom is 0.251 e. The van der Waals surface area contributed by atoms with Crippen LogP contribution in [0.15, 0.2) is 18.2 Å². The van der Waals surface area contributed by atoms with Crippen molar-refractivity contribution in [3.63, 3.8) is 0 Å². The summed E-state index contributed by atoms with van der Waals surface area (Å²) >= 11 is 0. The van der Waals surface area contributed by atoms with E-state index in [0.717, 1.165) is 12.0 Å². The van der Waals surface area contributed by atoms with Gasteiger partial charge in [0.15, 0.2) is 0 Å². The zero-order valence-electron chi connectivity index (χ0n) is 9.42. The molecular weight excluding hydrogens is 200 g/mol. The Labute approximate surface area is 96.0 Å². The van der Waals surface area contributed by atoms with Crippen molar-refractivity contribution in [2.24, 2.45) is 0 Å². The molecule has 0 fully saturated rings. The number of nitrogen functional groups attached to an aromatic ring is 1. The van der Waals surface area contributed by atoms with Crippen LogP contribution in [0.2, 0.25) is 0 Å². The number of terminal acetylenes is 1. The SMILES string of the molecule is C#CCCCNC(=O)c1ccc(C)c(N)c1. The minimum Gasteiger partial charge on any atom is -0.398 e. The first kappa shape index (κ1) is 12.1. The van der Waals surface area contributed by atoms with Gasteiger partial charge in [-0.15, -0.1) is 12.3 Å². The highest BCUT2D eigenvalue weighted by atomic mass is 16.1. The van der Waals surface area contributed by atoms with Crippen molar-refractivity contribution in [1.29, 1.82) is 0 Å². The molecule has 84 valence electrons. The summed E-state index contributed by atoms with van der Waals surface area (Å²) < 4.78 is 0. The number of rotatable bonds is 4. The summed E-state index contributed by atoms with van der Waals surface area (Å²) in [6.07, 6.45) is 6.59. The van der Waals surface area contributed by atoms with Gasteiger partial charge in [-0.1, -0.05) is 6.07 Å². The maximum absolute atomic E-state index is 11.7. The molecule has 0 unspecified atom stereocenters. The van der Waals surface area contributed by atoms with E-state index in [9.17, 15) is 4.79 Å². The minimum absolute atomic E-state index is 0.108. The molecule has 0 saturated carbocycles. The van der Waals surface area contributed by atoms with Gasteiger partial charge in [0.1, 0.15) is 0 Å². The number of hydrogen-bond donors (Lipinski definition) is 2. The Morgan fingerprint density at radius 3 is 2.94 bits per heavy atom. The number of unbranched alkanes of at least 4 members (excludes halogenated alkanes) is 1. The van der Waals surface area contributed by atoms with Gasteiger partial charge in [-0.05, 0) is 31.0 Å². The molecule has 0 aliphatic heterocycles. The fraction of sp³-hybridized carbons (Fsp3) is 0.308. The second kappa shape index (κ2) is 5.82. The topological polar surface area (TPSA) is 55.1 Å². The average Bonchev–Trinajstić information content (AvgIpc) is 2.28. The zero-order valence-corrected chi connectivity index (χ0v) is 9.42. The number of carbonyl (C=O) groups is 1. The lowest BCUT2D eigenvalue weighted by Crippen LogP contribution is -2.24. The molecule has 1 rings (SSSR count). The fourth-order valence-electron chi connectivity index (χ4n) is 1.28. The van der Waals surface area contributed by atoms with E-state index in [0.29, 0.717) is 24.2 Å². The molecule has 0 spiro atoms. The lowest BCUT2D eigenvalue weighted by atomic mass is 10.1. The number of benzene rings is 1. The molecule has 1 amide bonds. The van der Waals surface area contributed by atoms with Gasteiger partial charge < -0.3 is 11.1 Å². The third kappa shape index (κ3) is 3.32. The van der Waals surface area contributed by atoms with E-state index in [-0.39, 0.29) is 5.91 Å². The Hall–Kier alpha value is -1.95. The van der Waals surface area contributed by atoms with Crippen molar-refractivity contribution in [1.82, 2.24) is 5.32 Å². The summed E-state index contributed by atoms with van der Waals surface area (Å²) in [6.45, 7) is 2.50. The second-order valence-corrected chi connectivity index (χ2v) is 3.63. The van der Waals surface area contributed by atoms with Gasteiger partial charge in [-0.25, -0.2) is 0 Å². The van der Waals surface area contributed by atoms with Gasteiger partial charge in [0.2, 0.25) is 0 Å². The van der Waals surface area contributed by atoms with E-state index < -0.39 is 0 Å². The van der Waals surface area contributed by atoms with Crippen molar-refractivity contribution < 1.29 is 4.79 Å². The van der Waals surface area contributed by atoms with Gasteiger partial charge in [-0.2, -0.15) is 0 Å². The first-order valence-corrected chi connectivity index (χ1v) is 5.23. The predicted octanol–water partition coefficient (Wildman–Crippen LogP) is 1.72. The summed E-state index contributed by atoms with van der Waals surface area (Å²) in [7, 11) is 0. The first-order valence-electron chi connectivity index (χ1n) is 5.23. The number of amides is 1. The van der Waals surface area contributed by atoms with Gasteiger partial charge in [0.25, 0.3) is 5.91 Å². The van der Waals surface area contributed by atoms with Crippen molar-refractivity contribution in [3.8, 4) is 12.3 Å². The number of nitrogens with one attached hydrogen (secondary N) is 1. The zero-order chi connectivity index (χ0) is 12.0. The number of nitrogens with two attached hydrogens (primary N) is 1. The third-order valence-electron chi connectivity index (χ3n) is 2.32. The van der Waals surface area contributed by atoms with Gasteiger partial charge in [0, 0.05) is 24.2 Å². The first-order chi connectivity index (χ1) is 7.65. The quantitative estimate of drug-likeness (QED) is 0.457. The monoisotopic (exact) mass is 216 g/mol. The van der Waals surface area contributed by atoms with Gasteiger partial charge in [-0.3, -0.25) is 4.79 Å². The van der Waals surface area contributed by atoms with Crippen LogP contribution in [0.1, 0.15) is 28.8 Å². The molecule has 3 N–H and O–H groups in total. The van der Waals surface area contributed by atoms with Crippen molar-refractivity contribution >= 4 is 11.6 Å². The number of aryl methyl sites for hydroxylation is 1. The standard InChI is InChI=1S/C13H16N2O/c1-3-4-5-8-15-13(16)11-7-6-10(2)12(14)9-11/h1,6-7,9H,4-5,8,14H2,2H3,(H,15,16). The molecule has 16 heavy (non-hydrogen) atoms. The Bertz CT molecular complexity index is 418. The minimum atomic E-state index is -0.108. The van der Waals surface area contributed by atoms with Crippen LogP contribution in [0.25, 0.3) is 0 Å². The average molecular weight is 216 g/mol. The van der Waals surface area contributed by atoms with Crippen LogP contribution in [-0.4, -0.2) is 12.5 Å². The second-order valence-electron chi connectivity index (χ2n) is 3.63. The number of anilines is 1. The number of carbonyl (C=O) groups excluding carboxylic acids is 1. The van der Waals surface area contributed by atoms with Crippen molar-refractivity contribution in [2.75, 3.05) is 12.3 Å². The molecule has 0 saturated heterocycles. The fourth-order valence-corrected chi connectivity index (χ4v) is 1.28. The van der Waals surface area contributed by atoms with Crippen LogP contribution in [0.3, 0.4) is 0 Å². The summed E-state index contributed by atoms with van der Waals surface area (Å²) in [4.78, 5) is 11.7. The highest BCUT2D eigenvalue weighted by Crippen LogP contribution is 2.12. The molecule has 1 aromatic carbocycles. The van der Waals surface area contributed by atoms with E-state index in [1.165, 1.54) is 0 Å². The largest absolute Gasteiger partial charge is 0.398 e. The summed E-state index contributed by atoms with van der Waals surface area (Å²) in [5, 5.41) is 2.79. The van der Waals surface area contributed by atoms with E-state index >= 15 is 0 Å². The Morgan fingerprint density at radius 2 is 2.31 bits per heavy atom. The van der Waals surface area contributed by atoms with E-state index in [1.807, 2.05) is 13.0 Å². The molecule has 0 aliphatic carbocycles. The third-order valence-corrected chi connectivity index (χ3v) is 2.32. The van der Waals surface area contributed by atoms with Crippen LogP contribution in [0.4, 0.5) is 5.69 Å². The molecule has 0 radical (unpaired) electrons.